The Morgan fingerprint density at radius 3 is 2.62 bits per heavy atom. The zero-order valence-electron chi connectivity index (χ0n) is 19.6. The van der Waals surface area contributed by atoms with Crippen LogP contribution >= 0.6 is 37.2 Å². The summed E-state index contributed by atoms with van der Waals surface area (Å²) in [5.41, 5.74) is 5.25. The van der Waals surface area contributed by atoms with Crippen LogP contribution in [0.5, 0.6) is 0 Å². The number of benzene rings is 2. The van der Waals surface area contributed by atoms with Gasteiger partial charge in [0.15, 0.2) is 0 Å². The molecule has 3 heterocycles. The quantitative estimate of drug-likeness (QED) is 0.378. The third-order valence-corrected chi connectivity index (χ3v) is 6.36. The molecule has 9 heteroatoms. The lowest BCUT2D eigenvalue weighted by molar-refractivity contribution is -0.117. The molecule has 5 rings (SSSR count). The van der Waals surface area contributed by atoms with E-state index >= 15 is 0 Å². The first kappa shape index (κ1) is 28.1. The Hall–Kier alpha value is -2.09. The Kier molecular flexibility index (Phi) is 9.57. The van der Waals surface area contributed by atoms with Gasteiger partial charge in [0, 0.05) is 34.9 Å². The Balaban J connectivity index is 0.00000136. The SMILES string of the molecule is Cc1c2ccccc2nc2c1c1cc(NC(=O)[C@@H]3CCCN3)ccc1n2CCN(C)C.Cl.Cl.Cl. The lowest BCUT2D eigenvalue weighted by Gasteiger charge is -2.13. The zero-order valence-corrected chi connectivity index (χ0v) is 22.1. The summed E-state index contributed by atoms with van der Waals surface area (Å²) in [5, 5.41) is 9.87. The van der Waals surface area contributed by atoms with Crippen molar-refractivity contribution in [3.63, 3.8) is 0 Å². The van der Waals surface area contributed by atoms with Crippen molar-refractivity contribution >= 4 is 81.7 Å². The molecule has 0 bridgehead atoms. The van der Waals surface area contributed by atoms with E-state index in [2.05, 4.69) is 71.5 Å². The molecular weight excluding hydrogens is 493 g/mol. The number of nitrogens with zero attached hydrogens (tertiary/aromatic N) is 3. The molecule has 0 spiro atoms. The van der Waals surface area contributed by atoms with Crippen LogP contribution in [0.2, 0.25) is 0 Å². The average molecular weight is 525 g/mol. The largest absolute Gasteiger partial charge is 0.325 e. The van der Waals surface area contributed by atoms with E-state index < -0.39 is 0 Å². The first-order chi connectivity index (χ1) is 15.0. The monoisotopic (exact) mass is 523 g/mol. The highest BCUT2D eigenvalue weighted by Gasteiger charge is 2.22. The number of pyridine rings is 1. The fraction of sp³-hybridized carbons (Fsp3) is 0.360. The number of hydrogen-bond acceptors (Lipinski definition) is 4. The molecule has 6 nitrogen and oxygen atoms in total. The molecular formula is C25H32Cl3N5O. The Bertz CT molecular complexity index is 1300. The molecule has 1 aliphatic heterocycles. The van der Waals surface area contributed by atoms with Gasteiger partial charge in [0.25, 0.3) is 0 Å². The maximum Gasteiger partial charge on any atom is 0.241 e. The van der Waals surface area contributed by atoms with Gasteiger partial charge in [0.2, 0.25) is 5.91 Å². The van der Waals surface area contributed by atoms with Gasteiger partial charge < -0.3 is 20.1 Å². The number of nitrogens with one attached hydrogen (secondary N) is 2. The number of para-hydroxylation sites is 1. The predicted molar refractivity (Wildman–Crippen MR) is 149 cm³/mol. The minimum Gasteiger partial charge on any atom is -0.325 e. The van der Waals surface area contributed by atoms with Gasteiger partial charge in [-0.05, 0) is 70.2 Å². The second-order valence-electron chi connectivity index (χ2n) is 8.78. The summed E-state index contributed by atoms with van der Waals surface area (Å²) in [4.78, 5) is 19.9. The molecule has 1 amide bonds. The Morgan fingerprint density at radius 1 is 1.15 bits per heavy atom. The van der Waals surface area contributed by atoms with Crippen LogP contribution in [0.15, 0.2) is 42.5 Å². The molecule has 1 saturated heterocycles. The highest BCUT2D eigenvalue weighted by atomic mass is 35.5. The van der Waals surface area contributed by atoms with Crippen molar-refractivity contribution in [2.75, 3.05) is 32.5 Å². The molecule has 0 saturated carbocycles. The number of aromatic nitrogens is 2. The molecule has 1 fully saturated rings. The van der Waals surface area contributed by atoms with Gasteiger partial charge in [-0.3, -0.25) is 4.79 Å². The first-order valence-electron chi connectivity index (χ1n) is 11.0. The number of amides is 1. The molecule has 2 N–H and O–H groups in total. The highest BCUT2D eigenvalue weighted by Crippen LogP contribution is 2.35. The van der Waals surface area contributed by atoms with Gasteiger partial charge in [-0.1, -0.05) is 18.2 Å². The molecule has 34 heavy (non-hydrogen) atoms. The van der Waals surface area contributed by atoms with Gasteiger partial charge in [-0.15, -0.1) is 37.2 Å². The second-order valence-corrected chi connectivity index (χ2v) is 8.78. The van der Waals surface area contributed by atoms with E-state index in [1.807, 2.05) is 12.1 Å². The van der Waals surface area contributed by atoms with Crippen molar-refractivity contribution in [3.8, 4) is 0 Å². The first-order valence-corrected chi connectivity index (χ1v) is 11.0. The third-order valence-electron chi connectivity index (χ3n) is 6.36. The van der Waals surface area contributed by atoms with Crippen molar-refractivity contribution in [2.24, 2.45) is 0 Å². The fourth-order valence-corrected chi connectivity index (χ4v) is 4.71. The van der Waals surface area contributed by atoms with Gasteiger partial charge in [-0.2, -0.15) is 0 Å². The second kappa shape index (κ2) is 11.6. The zero-order chi connectivity index (χ0) is 21.5. The number of halogens is 3. The van der Waals surface area contributed by atoms with Crippen molar-refractivity contribution in [1.29, 1.82) is 0 Å². The van der Waals surface area contributed by atoms with Crippen LogP contribution in [0.1, 0.15) is 18.4 Å². The van der Waals surface area contributed by atoms with Gasteiger partial charge in [-0.25, -0.2) is 4.98 Å². The standard InChI is InChI=1S/C25H29N5O.3ClH/c1-16-18-7-4-5-8-20(18)28-24-23(16)19-15-17(27-25(31)21-9-6-12-26-21)10-11-22(19)30(24)14-13-29(2)3;;;/h4-5,7-8,10-11,15,21,26H,6,9,12-14H2,1-3H3,(H,27,31);3*1H/t21-;;;/m0.../s1. The predicted octanol–water partition coefficient (Wildman–Crippen LogP) is 5.17. The van der Waals surface area contributed by atoms with Crippen LogP contribution in [0, 0.1) is 6.92 Å². The Labute approximate surface area is 218 Å². The van der Waals surface area contributed by atoms with Crippen molar-refractivity contribution < 1.29 is 4.79 Å². The smallest absolute Gasteiger partial charge is 0.241 e. The number of carbonyl (C=O) groups is 1. The number of likely N-dealkylation sites (N-methyl/N-ethyl adjacent to an activating group) is 1. The fourth-order valence-electron chi connectivity index (χ4n) is 4.71. The van der Waals surface area contributed by atoms with Crippen LogP contribution in [0.4, 0.5) is 5.69 Å². The lowest BCUT2D eigenvalue weighted by Crippen LogP contribution is -2.35. The average Bonchev–Trinajstić information content (AvgIpc) is 3.39. The van der Waals surface area contributed by atoms with Crippen molar-refractivity contribution in [3.05, 3.63) is 48.0 Å². The molecule has 0 unspecified atom stereocenters. The molecule has 184 valence electrons. The summed E-state index contributed by atoms with van der Waals surface area (Å²) in [7, 11) is 4.18. The molecule has 1 atom stereocenters. The van der Waals surface area contributed by atoms with Gasteiger partial charge in [0.05, 0.1) is 17.1 Å². The third kappa shape index (κ3) is 5.11. The van der Waals surface area contributed by atoms with Crippen LogP contribution in [0.3, 0.4) is 0 Å². The summed E-state index contributed by atoms with van der Waals surface area (Å²) in [6.07, 6.45) is 1.95. The molecule has 2 aromatic heterocycles. The topological polar surface area (TPSA) is 62.2 Å². The van der Waals surface area contributed by atoms with Crippen molar-refractivity contribution in [2.45, 2.75) is 32.4 Å². The van der Waals surface area contributed by atoms with E-state index in [1.165, 1.54) is 16.3 Å². The number of carbonyl (C=O) groups excluding carboxylic acids is 1. The van der Waals surface area contributed by atoms with Gasteiger partial charge in [0.1, 0.15) is 5.65 Å². The summed E-state index contributed by atoms with van der Waals surface area (Å²) in [6, 6.07) is 14.5. The summed E-state index contributed by atoms with van der Waals surface area (Å²) < 4.78 is 2.31. The van der Waals surface area contributed by atoms with E-state index in [0.717, 1.165) is 60.2 Å². The van der Waals surface area contributed by atoms with Crippen LogP contribution < -0.4 is 10.6 Å². The molecule has 4 aromatic rings. The van der Waals surface area contributed by atoms with Gasteiger partial charge >= 0.3 is 0 Å². The van der Waals surface area contributed by atoms with Crippen molar-refractivity contribution in [1.82, 2.24) is 19.8 Å². The minimum absolute atomic E-state index is 0. The molecule has 2 aromatic carbocycles. The number of anilines is 1. The van der Waals surface area contributed by atoms with Crippen LogP contribution in [-0.4, -0.2) is 53.6 Å². The Morgan fingerprint density at radius 2 is 1.91 bits per heavy atom. The van der Waals surface area contributed by atoms with E-state index in [0.29, 0.717) is 0 Å². The van der Waals surface area contributed by atoms with E-state index in [-0.39, 0.29) is 49.2 Å². The van der Waals surface area contributed by atoms with E-state index in [1.54, 1.807) is 0 Å². The maximum absolute atomic E-state index is 12.6. The maximum atomic E-state index is 12.6. The number of fused-ring (bicyclic) bond motifs is 4. The lowest BCUT2D eigenvalue weighted by atomic mass is 10.0. The number of aryl methyl sites for hydroxylation is 1. The van der Waals surface area contributed by atoms with Crippen LogP contribution in [0.25, 0.3) is 32.8 Å². The van der Waals surface area contributed by atoms with E-state index in [9.17, 15) is 4.79 Å². The minimum atomic E-state index is -0.0931. The summed E-state index contributed by atoms with van der Waals surface area (Å²) in [6.45, 7) is 4.87. The summed E-state index contributed by atoms with van der Waals surface area (Å²) >= 11 is 0. The van der Waals surface area contributed by atoms with E-state index in [4.69, 9.17) is 4.98 Å². The molecule has 0 aliphatic carbocycles. The number of rotatable bonds is 5. The number of hydrogen-bond donors (Lipinski definition) is 2. The van der Waals surface area contributed by atoms with Crippen LogP contribution in [-0.2, 0) is 11.3 Å². The molecule has 0 radical (unpaired) electrons. The highest BCUT2D eigenvalue weighted by molar-refractivity contribution is 6.14. The summed E-state index contributed by atoms with van der Waals surface area (Å²) in [5.74, 6) is 0.0495. The molecule has 1 aliphatic rings. The normalized spacial score (nSPS) is 15.2.